The van der Waals surface area contributed by atoms with Crippen LogP contribution in [0.2, 0.25) is 0 Å². The molecule has 0 heterocycles. The van der Waals surface area contributed by atoms with Gasteiger partial charge in [0.05, 0.1) is 6.21 Å². The van der Waals surface area contributed by atoms with Crippen LogP contribution in [0.4, 0.5) is 0 Å². The lowest BCUT2D eigenvalue weighted by Gasteiger charge is -2.07. The Hall–Kier alpha value is -1.14. The van der Waals surface area contributed by atoms with Gasteiger partial charge in [-0.1, -0.05) is 106 Å². The number of hydrazone groups is 1. The minimum atomic E-state index is 0.185. The first-order valence-electron chi connectivity index (χ1n) is 11.7. The first-order chi connectivity index (χ1) is 14.6. The van der Waals surface area contributed by atoms with Gasteiger partial charge in [0, 0.05) is 16.6 Å². The minimum Gasteiger partial charge on any atom is -0.507 e. The molecule has 170 valence electrons. The molecule has 0 amide bonds. The highest BCUT2D eigenvalue weighted by Gasteiger charge is 1.99. The van der Waals surface area contributed by atoms with Gasteiger partial charge < -0.3 is 10.4 Å². The van der Waals surface area contributed by atoms with Crippen LogP contribution in [0.3, 0.4) is 0 Å². The van der Waals surface area contributed by atoms with Crippen molar-refractivity contribution in [2.45, 2.75) is 96.8 Å². The van der Waals surface area contributed by atoms with Crippen LogP contribution in [0, 0.1) is 0 Å². The molecule has 30 heavy (non-hydrogen) atoms. The average molecular weight is 499 g/mol. The van der Waals surface area contributed by atoms with Crippen LogP contribution in [0.1, 0.15) is 102 Å². The maximum absolute atomic E-state index is 9.76. The van der Waals surface area contributed by atoms with Crippen molar-refractivity contribution in [1.82, 2.24) is 10.7 Å². The number of rotatable bonds is 17. The topological polar surface area (TPSA) is 56.7 Å². The Bertz CT molecular complexity index is 610. The van der Waals surface area contributed by atoms with Crippen LogP contribution in [-0.4, -0.2) is 23.0 Å². The Morgan fingerprint density at radius 1 is 0.933 bits per heavy atom. The molecule has 0 fully saturated rings. The Balaban J connectivity index is 1.89. The lowest BCUT2D eigenvalue weighted by molar-refractivity contribution is 0.474. The summed E-state index contributed by atoms with van der Waals surface area (Å²) in [4.78, 5) is 0. The molecule has 0 aromatic heterocycles. The van der Waals surface area contributed by atoms with Crippen LogP contribution in [0.25, 0.3) is 0 Å². The van der Waals surface area contributed by atoms with Crippen molar-refractivity contribution < 1.29 is 5.11 Å². The fourth-order valence-electron chi connectivity index (χ4n) is 3.35. The summed E-state index contributed by atoms with van der Waals surface area (Å²) in [6.45, 7) is 3.14. The van der Waals surface area contributed by atoms with Gasteiger partial charge in [-0.05, 0) is 36.8 Å². The van der Waals surface area contributed by atoms with E-state index in [9.17, 15) is 5.11 Å². The van der Waals surface area contributed by atoms with Gasteiger partial charge >= 0.3 is 0 Å². The summed E-state index contributed by atoms with van der Waals surface area (Å²) in [6.07, 6.45) is 20.6. The third-order valence-corrected chi connectivity index (χ3v) is 5.90. The number of aromatic hydroxyl groups is 1. The zero-order valence-corrected chi connectivity index (χ0v) is 21.0. The number of halogens is 1. The summed E-state index contributed by atoms with van der Waals surface area (Å²) in [5.74, 6) is 0.185. The minimum absolute atomic E-state index is 0.185. The van der Waals surface area contributed by atoms with Crippen LogP contribution < -0.4 is 10.7 Å². The van der Waals surface area contributed by atoms with Crippen molar-refractivity contribution in [2.75, 3.05) is 6.54 Å². The summed E-state index contributed by atoms with van der Waals surface area (Å²) in [6, 6.07) is 5.20. The molecule has 0 unspecified atom stereocenters. The summed E-state index contributed by atoms with van der Waals surface area (Å²) in [5, 5.41) is 17.5. The second-order valence-electron chi connectivity index (χ2n) is 7.93. The normalized spacial score (nSPS) is 11.1. The third-order valence-electron chi connectivity index (χ3n) is 5.18. The monoisotopic (exact) mass is 497 g/mol. The molecule has 0 saturated heterocycles. The van der Waals surface area contributed by atoms with E-state index in [1.54, 1.807) is 24.4 Å². The first kappa shape index (κ1) is 26.9. The maximum Gasteiger partial charge on any atom is 0.186 e. The standard InChI is InChI=1S/C24H40BrN3OS/c1-2-3-4-5-6-7-8-9-10-11-12-13-14-15-18-26-24(30)28-27-20-21-19-22(25)16-17-23(21)29/h16-17,19-20,29H,2-15,18H2,1H3,(H2,26,28,30). The number of benzene rings is 1. The van der Waals surface area contributed by atoms with Crippen molar-refractivity contribution in [2.24, 2.45) is 5.10 Å². The van der Waals surface area contributed by atoms with E-state index < -0.39 is 0 Å². The van der Waals surface area contributed by atoms with Crippen molar-refractivity contribution in [3.05, 3.63) is 28.2 Å². The molecule has 0 aliphatic rings. The number of hydrogen-bond acceptors (Lipinski definition) is 3. The molecule has 0 saturated carbocycles. The summed E-state index contributed by atoms with van der Waals surface area (Å²) >= 11 is 8.59. The summed E-state index contributed by atoms with van der Waals surface area (Å²) < 4.78 is 0.889. The van der Waals surface area contributed by atoms with Crippen LogP contribution >= 0.6 is 28.1 Å². The molecule has 1 aromatic carbocycles. The summed E-state index contributed by atoms with van der Waals surface area (Å²) in [5.41, 5.74) is 3.42. The predicted molar refractivity (Wildman–Crippen MR) is 137 cm³/mol. The van der Waals surface area contributed by atoms with Crippen molar-refractivity contribution >= 4 is 39.5 Å². The molecule has 0 atom stereocenters. The molecule has 3 N–H and O–H groups in total. The number of unbranched alkanes of at least 4 members (excludes halogenated alkanes) is 13. The molecule has 1 rings (SSSR count). The molecule has 0 spiro atoms. The summed E-state index contributed by atoms with van der Waals surface area (Å²) in [7, 11) is 0. The number of phenols is 1. The number of nitrogens with one attached hydrogen (secondary N) is 2. The highest BCUT2D eigenvalue weighted by molar-refractivity contribution is 9.10. The van der Waals surface area contributed by atoms with Crippen molar-refractivity contribution in [3.63, 3.8) is 0 Å². The molecule has 0 radical (unpaired) electrons. The molecule has 6 heteroatoms. The Labute approximate surface area is 197 Å². The van der Waals surface area contributed by atoms with Crippen molar-refractivity contribution in [1.29, 1.82) is 0 Å². The second kappa shape index (κ2) is 18.6. The van der Waals surface area contributed by atoms with E-state index in [0.29, 0.717) is 10.7 Å². The molecule has 1 aromatic rings. The third kappa shape index (κ3) is 14.8. The molecule has 4 nitrogen and oxygen atoms in total. The number of phenolic OH excluding ortho intramolecular Hbond substituents is 1. The molecule has 0 aliphatic carbocycles. The van der Waals surface area contributed by atoms with Gasteiger partial charge in [0.25, 0.3) is 0 Å². The quantitative estimate of drug-likeness (QED) is 0.0905. The van der Waals surface area contributed by atoms with E-state index in [4.69, 9.17) is 12.2 Å². The van der Waals surface area contributed by atoms with Gasteiger partial charge in [0.15, 0.2) is 5.11 Å². The Morgan fingerprint density at radius 2 is 1.47 bits per heavy atom. The first-order valence-corrected chi connectivity index (χ1v) is 12.9. The zero-order valence-electron chi connectivity index (χ0n) is 18.6. The van der Waals surface area contributed by atoms with Crippen molar-refractivity contribution in [3.8, 4) is 5.75 Å². The lowest BCUT2D eigenvalue weighted by atomic mass is 10.0. The van der Waals surface area contributed by atoms with Gasteiger partial charge in [0.2, 0.25) is 0 Å². The highest BCUT2D eigenvalue weighted by Crippen LogP contribution is 2.19. The number of nitrogens with zero attached hydrogens (tertiary/aromatic N) is 1. The number of hydrogen-bond donors (Lipinski definition) is 3. The molecular weight excluding hydrogens is 458 g/mol. The molecule has 0 bridgehead atoms. The number of thiocarbonyl (C=S) groups is 1. The van der Waals surface area contributed by atoms with E-state index in [2.05, 4.69) is 38.7 Å². The van der Waals surface area contributed by atoms with E-state index >= 15 is 0 Å². The Morgan fingerprint density at radius 3 is 2.03 bits per heavy atom. The van der Waals surface area contributed by atoms with Crippen LogP contribution in [0.15, 0.2) is 27.8 Å². The molecule has 0 aliphatic heterocycles. The SMILES string of the molecule is CCCCCCCCCCCCCCCCNC(=S)NN=Cc1cc(Br)ccc1O. The smallest absolute Gasteiger partial charge is 0.186 e. The van der Waals surface area contributed by atoms with Gasteiger partial charge in [-0.15, -0.1) is 0 Å². The fraction of sp³-hybridized carbons (Fsp3) is 0.667. The highest BCUT2D eigenvalue weighted by atomic mass is 79.9. The fourth-order valence-corrected chi connectivity index (χ4v) is 3.88. The van der Waals surface area contributed by atoms with Crippen LogP contribution in [0.5, 0.6) is 5.75 Å². The second-order valence-corrected chi connectivity index (χ2v) is 9.25. The van der Waals surface area contributed by atoms with Gasteiger partial charge in [-0.3, -0.25) is 5.43 Å². The predicted octanol–water partition coefficient (Wildman–Crippen LogP) is 7.43. The largest absolute Gasteiger partial charge is 0.507 e. The van der Waals surface area contributed by atoms with Gasteiger partial charge in [-0.2, -0.15) is 5.10 Å². The maximum atomic E-state index is 9.76. The average Bonchev–Trinajstić information content (AvgIpc) is 2.73. The van der Waals surface area contributed by atoms with E-state index in [1.807, 2.05) is 0 Å². The van der Waals surface area contributed by atoms with E-state index in [0.717, 1.165) is 17.4 Å². The van der Waals surface area contributed by atoms with Crippen LogP contribution in [-0.2, 0) is 0 Å². The van der Waals surface area contributed by atoms with Gasteiger partial charge in [-0.25, -0.2) is 0 Å². The van der Waals surface area contributed by atoms with Gasteiger partial charge in [0.1, 0.15) is 5.75 Å². The molecular formula is C24H40BrN3OS. The lowest BCUT2D eigenvalue weighted by Crippen LogP contribution is -2.32. The van der Waals surface area contributed by atoms with E-state index in [-0.39, 0.29) is 5.75 Å². The van der Waals surface area contributed by atoms with E-state index in [1.165, 1.54) is 83.5 Å². The Kier molecular flexibility index (Phi) is 16.7. The zero-order chi connectivity index (χ0) is 21.9.